The topological polar surface area (TPSA) is 46.3 Å². The van der Waals surface area contributed by atoms with E-state index in [1.807, 2.05) is 6.92 Å². The van der Waals surface area contributed by atoms with Gasteiger partial charge in [-0.3, -0.25) is 4.79 Å². The predicted molar refractivity (Wildman–Crippen MR) is 59.2 cm³/mol. The van der Waals surface area contributed by atoms with Crippen molar-refractivity contribution in [3.63, 3.8) is 0 Å². The molecule has 3 nitrogen and oxygen atoms in total. The van der Waals surface area contributed by atoms with E-state index >= 15 is 0 Å². The second-order valence-electron chi connectivity index (χ2n) is 4.79. The van der Waals surface area contributed by atoms with Crippen molar-refractivity contribution in [1.82, 2.24) is 4.90 Å². The van der Waals surface area contributed by atoms with Crippen LogP contribution < -0.4 is 5.73 Å². The molecule has 5 heteroatoms. The Balaban J connectivity index is 2.02. The number of halogens is 2. The molecule has 0 aromatic heterocycles. The Kier molecular flexibility index (Phi) is 2.87. The summed E-state index contributed by atoms with van der Waals surface area (Å²) < 4.78 is 26.3. The first-order chi connectivity index (χ1) is 7.89. The molecule has 0 unspecified atom stereocenters. The van der Waals surface area contributed by atoms with Crippen molar-refractivity contribution in [2.45, 2.75) is 18.9 Å². The van der Waals surface area contributed by atoms with Crippen LogP contribution in [0, 0.1) is 11.6 Å². The molecular weight excluding hydrogens is 226 g/mol. The van der Waals surface area contributed by atoms with Crippen molar-refractivity contribution < 1.29 is 13.6 Å². The zero-order valence-corrected chi connectivity index (χ0v) is 9.54. The molecule has 2 rings (SSSR count). The highest BCUT2D eigenvalue weighted by Crippen LogP contribution is 2.19. The van der Waals surface area contributed by atoms with Crippen molar-refractivity contribution in [3.8, 4) is 0 Å². The highest BCUT2D eigenvalue weighted by Gasteiger charge is 2.37. The van der Waals surface area contributed by atoms with Crippen LogP contribution in [0.5, 0.6) is 0 Å². The zero-order valence-electron chi connectivity index (χ0n) is 9.54. The van der Waals surface area contributed by atoms with Gasteiger partial charge in [0.25, 0.3) is 0 Å². The molecule has 0 radical (unpaired) electrons. The van der Waals surface area contributed by atoms with Crippen LogP contribution in [0.4, 0.5) is 8.78 Å². The van der Waals surface area contributed by atoms with Crippen LogP contribution in [0.3, 0.4) is 0 Å². The first kappa shape index (κ1) is 12.0. The van der Waals surface area contributed by atoms with Gasteiger partial charge in [-0.15, -0.1) is 0 Å². The summed E-state index contributed by atoms with van der Waals surface area (Å²) in [5, 5.41) is 0. The fourth-order valence-corrected chi connectivity index (χ4v) is 1.96. The Morgan fingerprint density at radius 2 is 2.12 bits per heavy atom. The van der Waals surface area contributed by atoms with E-state index in [1.165, 1.54) is 12.1 Å². The molecule has 1 aromatic carbocycles. The minimum Gasteiger partial charge on any atom is -0.339 e. The maximum Gasteiger partial charge on any atom is 0.227 e. The predicted octanol–water partition coefficient (Wildman–Crippen LogP) is 1.07. The van der Waals surface area contributed by atoms with Crippen LogP contribution in [-0.4, -0.2) is 29.4 Å². The Bertz CT molecular complexity index is 452. The second-order valence-corrected chi connectivity index (χ2v) is 4.79. The van der Waals surface area contributed by atoms with Gasteiger partial charge < -0.3 is 10.6 Å². The molecule has 1 aromatic rings. The molecular formula is C12H14F2N2O. The first-order valence-electron chi connectivity index (χ1n) is 5.39. The summed E-state index contributed by atoms with van der Waals surface area (Å²) >= 11 is 0. The Labute approximate surface area is 98.2 Å². The number of hydrogen-bond acceptors (Lipinski definition) is 2. The van der Waals surface area contributed by atoms with E-state index in [-0.39, 0.29) is 23.4 Å². The van der Waals surface area contributed by atoms with E-state index in [1.54, 1.807) is 4.90 Å². The van der Waals surface area contributed by atoms with Crippen LogP contribution in [0.15, 0.2) is 18.2 Å². The quantitative estimate of drug-likeness (QED) is 0.840. The summed E-state index contributed by atoms with van der Waals surface area (Å²) in [5.74, 6) is -2.10. The molecule has 92 valence electrons. The van der Waals surface area contributed by atoms with Crippen LogP contribution >= 0.6 is 0 Å². The van der Waals surface area contributed by atoms with Gasteiger partial charge in [0, 0.05) is 24.2 Å². The fraction of sp³-hybridized carbons (Fsp3) is 0.417. The van der Waals surface area contributed by atoms with Gasteiger partial charge in [-0.25, -0.2) is 8.78 Å². The Morgan fingerprint density at radius 1 is 1.47 bits per heavy atom. The van der Waals surface area contributed by atoms with Crippen molar-refractivity contribution >= 4 is 5.91 Å². The van der Waals surface area contributed by atoms with Crippen molar-refractivity contribution in [3.05, 3.63) is 35.4 Å². The lowest BCUT2D eigenvalue weighted by atomic mass is 9.93. The number of rotatable bonds is 2. The van der Waals surface area contributed by atoms with Crippen molar-refractivity contribution in [2.24, 2.45) is 5.73 Å². The third kappa shape index (κ3) is 2.44. The molecule has 0 bridgehead atoms. The molecule has 1 amide bonds. The molecule has 0 atom stereocenters. The van der Waals surface area contributed by atoms with Gasteiger partial charge in [-0.2, -0.15) is 0 Å². The number of benzene rings is 1. The lowest BCUT2D eigenvalue weighted by Crippen LogP contribution is -2.67. The molecule has 0 saturated carbocycles. The van der Waals surface area contributed by atoms with Crippen LogP contribution in [-0.2, 0) is 11.2 Å². The Hall–Kier alpha value is -1.49. The van der Waals surface area contributed by atoms with E-state index in [4.69, 9.17) is 5.73 Å². The summed E-state index contributed by atoms with van der Waals surface area (Å²) in [7, 11) is 0. The van der Waals surface area contributed by atoms with E-state index in [0.29, 0.717) is 13.1 Å². The summed E-state index contributed by atoms with van der Waals surface area (Å²) in [4.78, 5) is 13.3. The number of nitrogens with zero attached hydrogens (tertiary/aromatic N) is 1. The monoisotopic (exact) mass is 240 g/mol. The molecule has 0 aliphatic carbocycles. The smallest absolute Gasteiger partial charge is 0.227 e. The zero-order chi connectivity index (χ0) is 12.6. The number of likely N-dealkylation sites (tertiary alicyclic amines) is 1. The molecule has 1 fully saturated rings. The van der Waals surface area contributed by atoms with Gasteiger partial charge in [0.05, 0.1) is 6.42 Å². The largest absolute Gasteiger partial charge is 0.339 e. The molecule has 1 aliphatic heterocycles. The summed E-state index contributed by atoms with van der Waals surface area (Å²) in [6, 6.07) is 3.84. The second kappa shape index (κ2) is 4.07. The molecule has 0 spiro atoms. The van der Waals surface area contributed by atoms with Gasteiger partial charge in [-0.05, 0) is 13.0 Å². The minimum atomic E-state index is -0.947. The summed E-state index contributed by atoms with van der Waals surface area (Å²) in [6.07, 6.45) is -0.125. The number of amides is 1. The third-order valence-electron chi connectivity index (χ3n) is 2.83. The summed E-state index contributed by atoms with van der Waals surface area (Å²) in [5.41, 5.74) is 5.50. The van der Waals surface area contributed by atoms with E-state index in [9.17, 15) is 13.6 Å². The highest BCUT2D eigenvalue weighted by atomic mass is 19.2. The maximum absolute atomic E-state index is 13.3. The first-order valence-corrected chi connectivity index (χ1v) is 5.39. The minimum absolute atomic E-state index is 0.0839. The van der Waals surface area contributed by atoms with E-state index in [0.717, 1.165) is 6.07 Å². The lowest BCUT2D eigenvalue weighted by molar-refractivity contribution is -0.137. The number of carbonyl (C=O) groups is 1. The van der Waals surface area contributed by atoms with Gasteiger partial charge in [-0.1, -0.05) is 12.1 Å². The normalized spacial score (nSPS) is 17.8. The standard InChI is InChI=1S/C12H14F2N2O/c1-12(15)6-16(7-12)10(17)5-8-3-2-4-9(13)11(8)14/h2-4H,5-7,15H2,1H3. The van der Waals surface area contributed by atoms with Gasteiger partial charge in [0.15, 0.2) is 11.6 Å². The average molecular weight is 240 g/mol. The Morgan fingerprint density at radius 3 is 2.71 bits per heavy atom. The lowest BCUT2D eigenvalue weighted by Gasteiger charge is -2.45. The van der Waals surface area contributed by atoms with E-state index < -0.39 is 11.6 Å². The maximum atomic E-state index is 13.3. The number of hydrogen-bond donors (Lipinski definition) is 1. The van der Waals surface area contributed by atoms with Crippen molar-refractivity contribution in [2.75, 3.05) is 13.1 Å². The molecule has 1 heterocycles. The SMILES string of the molecule is CC1(N)CN(C(=O)Cc2cccc(F)c2F)C1. The van der Waals surface area contributed by atoms with Crippen LogP contribution in [0.25, 0.3) is 0 Å². The van der Waals surface area contributed by atoms with Gasteiger partial charge in [0.1, 0.15) is 0 Å². The molecule has 1 aliphatic rings. The molecule has 2 N–H and O–H groups in total. The van der Waals surface area contributed by atoms with E-state index in [2.05, 4.69) is 0 Å². The fourth-order valence-electron chi connectivity index (χ4n) is 1.96. The van der Waals surface area contributed by atoms with Crippen LogP contribution in [0.1, 0.15) is 12.5 Å². The van der Waals surface area contributed by atoms with Crippen molar-refractivity contribution in [1.29, 1.82) is 0 Å². The third-order valence-corrected chi connectivity index (χ3v) is 2.83. The number of nitrogens with two attached hydrogens (primary N) is 1. The molecule has 17 heavy (non-hydrogen) atoms. The average Bonchev–Trinajstić information content (AvgIpc) is 2.21. The highest BCUT2D eigenvalue weighted by molar-refractivity contribution is 5.80. The van der Waals surface area contributed by atoms with Gasteiger partial charge >= 0.3 is 0 Å². The molecule has 1 saturated heterocycles. The van der Waals surface area contributed by atoms with Crippen LogP contribution in [0.2, 0.25) is 0 Å². The summed E-state index contributed by atoms with van der Waals surface area (Å²) in [6.45, 7) is 2.77. The number of carbonyl (C=O) groups excluding carboxylic acids is 1. The van der Waals surface area contributed by atoms with Gasteiger partial charge in [0.2, 0.25) is 5.91 Å².